The first kappa shape index (κ1) is 6.71. The summed E-state index contributed by atoms with van der Waals surface area (Å²) in [6.07, 6.45) is 3.88. The van der Waals surface area contributed by atoms with Crippen molar-refractivity contribution in [1.29, 1.82) is 0 Å². The molecule has 13 heavy (non-hydrogen) atoms. The van der Waals surface area contributed by atoms with Crippen molar-refractivity contribution in [3.63, 3.8) is 0 Å². The molecule has 0 aromatic heterocycles. The third-order valence-electron chi connectivity index (χ3n) is 2.33. The highest BCUT2D eigenvalue weighted by molar-refractivity contribution is 5.92. The molecule has 0 spiro atoms. The SMILES string of the molecule is C1=NCN2C1=CNc1ccccc12. The maximum absolute atomic E-state index is 4.22. The Morgan fingerprint density at radius 1 is 1.31 bits per heavy atom. The minimum absolute atomic E-state index is 0.741. The molecule has 3 heteroatoms. The van der Waals surface area contributed by atoms with E-state index in [9.17, 15) is 0 Å². The van der Waals surface area contributed by atoms with Gasteiger partial charge in [0.1, 0.15) is 6.67 Å². The molecule has 1 N–H and O–H groups in total. The van der Waals surface area contributed by atoms with Crippen molar-refractivity contribution < 1.29 is 0 Å². The first-order valence-corrected chi connectivity index (χ1v) is 4.28. The topological polar surface area (TPSA) is 27.6 Å². The Morgan fingerprint density at radius 3 is 3.23 bits per heavy atom. The van der Waals surface area contributed by atoms with Crippen LogP contribution in [0.3, 0.4) is 0 Å². The van der Waals surface area contributed by atoms with Crippen LogP contribution in [0, 0.1) is 0 Å². The van der Waals surface area contributed by atoms with Gasteiger partial charge in [-0.25, -0.2) is 0 Å². The second-order valence-electron chi connectivity index (χ2n) is 3.11. The average molecular weight is 171 g/mol. The molecule has 0 fully saturated rings. The molecule has 0 atom stereocenters. The van der Waals surface area contributed by atoms with Gasteiger partial charge in [-0.1, -0.05) is 12.1 Å². The van der Waals surface area contributed by atoms with E-state index in [1.807, 2.05) is 24.5 Å². The van der Waals surface area contributed by atoms with Crippen LogP contribution in [0.4, 0.5) is 11.4 Å². The van der Waals surface area contributed by atoms with Crippen LogP contribution in [0.2, 0.25) is 0 Å². The third-order valence-corrected chi connectivity index (χ3v) is 2.33. The van der Waals surface area contributed by atoms with Crippen molar-refractivity contribution in [2.75, 3.05) is 16.9 Å². The second kappa shape index (κ2) is 2.36. The van der Waals surface area contributed by atoms with E-state index < -0.39 is 0 Å². The van der Waals surface area contributed by atoms with E-state index >= 15 is 0 Å². The Hall–Kier alpha value is -1.77. The fourth-order valence-electron chi connectivity index (χ4n) is 1.68. The van der Waals surface area contributed by atoms with Crippen LogP contribution >= 0.6 is 0 Å². The Morgan fingerprint density at radius 2 is 2.23 bits per heavy atom. The molecule has 1 aromatic carbocycles. The van der Waals surface area contributed by atoms with E-state index in [0.717, 1.165) is 18.1 Å². The van der Waals surface area contributed by atoms with Crippen LogP contribution in [-0.2, 0) is 0 Å². The highest BCUT2D eigenvalue weighted by atomic mass is 15.3. The second-order valence-corrected chi connectivity index (χ2v) is 3.11. The van der Waals surface area contributed by atoms with Crippen LogP contribution in [0.1, 0.15) is 0 Å². The lowest BCUT2D eigenvalue weighted by Gasteiger charge is -2.25. The first-order chi connectivity index (χ1) is 6.45. The Balaban J connectivity index is 2.14. The standard InChI is InChI=1S/C10H9N3/c1-2-4-10-9(3-1)12-6-8-5-11-7-13(8)10/h1-6,12H,7H2. The summed E-state index contributed by atoms with van der Waals surface area (Å²) >= 11 is 0. The third kappa shape index (κ3) is 0.869. The van der Waals surface area contributed by atoms with Gasteiger partial charge in [-0.15, -0.1) is 0 Å². The lowest BCUT2D eigenvalue weighted by Crippen LogP contribution is -2.23. The first-order valence-electron chi connectivity index (χ1n) is 4.28. The Kier molecular flexibility index (Phi) is 1.22. The maximum Gasteiger partial charge on any atom is 0.115 e. The summed E-state index contributed by atoms with van der Waals surface area (Å²) in [6.45, 7) is 0.741. The number of rotatable bonds is 0. The van der Waals surface area contributed by atoms with Gasteiger partial charge in [-0.2, -0.15) is 0 Å². The fraction of sp³-hybridized carbons (Fsp3) is 0.100. The number of hydrogen-bond acceptors (Lipinski definition) is 3. The predicted molar refractivity (Wildman–Crippen MR) is 54.0 cm³/mol. The van der Waals surface area contributed by atoms with Gasteiger partial charge in [-0.05, 0) is 12.1 Å². The van der Waals surface area contributed by atoms with Crippen molar-refractivity contribution in [2.24, 2.45) is 4.99 Å². The molecule has 64 valence electrons. The predicted octanol–water partition coefficient (Wildman–Crippen LogP) is 1.80. The summed E-state index contributed by atoms with van der Waals surface area (Å²) < 4.78 is 0. The molecule has 0 bridgehead atoms. The lowest BCUT2D eigenvalue weighted by molar-refractivity contribution is 0.995. The van der Waals surface area contributed by atoms with Gasteiger partial charge in [0.25, 0.3) is 0 Å². The molecule has 3 nitrogen and oxygen atoms in total. The normalized spacial score (nSPS) is 17.5. The van der Waals surface area contributed by atoms with Crippen LogP contribution in [0.25, 0.3) is 0 Å². The molecular weight excluding hydrogens is 162 g/mol. The van der Waals surface area contributed by atoms with Gasteiger partial charge in [-0.3, -0.25) is 4.99 Å². The summed E-state index contributed by atoms with van der Waals surface area (Å²) in [5, 5.41) is 3.24. The number of aliphatic imine (C=N–C) groups is 1. The van der Waals surface area contributed by atoms with Crippen molar-refractivity contribution in [1.82, 2.24) is 0 Å². The number of anilines is 2. The van der Waals surface area contributed by atoms with Gasteiger partial charge in [0.15, 0.2) is 0 Å². The van der Waals surface area contributed by atoms with Gasteiger partial charge in [0.05, 0.1) is 17.1 Å². The van der Waals surface area contributed by atoms with Crippen LogP contribution in [-0.4, -0.2) is 12.9 Å². The van der Waals surface area contributed by atoms with Crippen molar-refractivity contribution in [3.8, 4) is 0 Å². The van der Waals surface area contributed by atoms with Crippen LogP contribution in [0.15, 0.2) is 41.2 Å². The van der Waals surface area contributed by atoms with Crippen LogP contribution < -0.4 is 10.2 Å². The van der Waals surface area contributed by atoms with Crippen molar-refractivity contribution in [3.05, 3.63) is 36.2 Å². The summed E-state index contributed by atoms with van der Waals surface area (Å²) in [5.41, 5.74) is 3.49. The fourth-order valence-corrected chi connectivity index (χ4v) is 1.68. The van der Waals surface area contributed by atoms with Gasteiger partial charge >= 0.3 is 0 Å². The van der Waals surface area contributed by atoms with Crippen molar-refractivity contribution >= 4 is 17.6 Å². The van der Waals surface area contributed by atoms with Crippen molar-refractivity contribution in [2.45, 2.75) is 0 Å². The molecule has 0 unspecified atom stereocenters. The number of nitrogens with one attached hydrogen (secondary N) is 1. The number of hydrogen-bond donors (Lipinski definition) is 1. The number of benzene rings is 1. The van der Waals surface area contributed by atoms with E-state index in [2.05, 4.69) is 27.3 Å². The molecule has 1 aromatic rings. The zero-order valence-electron chi connectivity index (χ0n) is 7.07. The maximum atomic E-state index is 4.22. The minimum Gasteiger partial charge on any atom is -0.358 e. The van der Waals surface area contributed by atoms with Gasteiger partial charge in [0, 0.05) is 12.4 Å². The largest absolute Gasteiger partial charge is 0.358 e. The Labute approximate surface area is 76.4 Å². The Bertz CT molecular complexity index is 406. The quantitative estimate of drug-likeness (QED) is 0.644. The zero-order valence-corrected chi connectivity index (χ0v) is 7.07. The molecule has 2 aliphatic heterocycles. The molecule has 3 rings (SSSR count). The molecule has 0 radical (unpaired) electrons. The molecule has 0 saturated heterocycles. The van der Waals surface area contributed by atoms with Gasteiger partial charge in [0.2, 0.25) is 0 Å². The molecule has 0 saturated carbocycles. The molecule has 0 amide bonds. The summed E-state index contributed by atoms with van der Waals surface area (Å²) in [5.74, 6) is 0. The molecule has 0 aliphatic carbocycles. The van der Waals surface area contributed by atoms with E-state index in [4.69, 9.17) is 0 Å². The minimum atomic E-state index is 0.741. The van der Waals surface area contributed by atoms with E-state index in [1.54, 1.807) is 0 Å². The smallest absolute Gasteiger partial charge is 0.115 e. The number of allylic oxidation sites excluding steroid dienone is 1. The molecule has 2 aliphatic rings. The molecule has 2 heterocycles. The molecular formula is C10H9N3. The summed E-state index contributed by atoms with van der Waals surface area (Å²) in [7, 11) is 0. The number of para-hydroxylation sites is 2. The van der Waals surface area contributed by atoms with Gasteiger partial charge < -0.3 is 10.2 Å². The summed E-state index contributed by atoms with van der Waals surface area (Å²) in [4.78, 5) is 6.41. The van der Waals surface area contributed by atoms with E-state index in [-0.39, 0.29) is 0 Å². The van der Waals surface area contributed by atoms with E-state index in [0.29, 0.717) is 0 Å². The highest BCUT2D eigenvalue weighted by Gasteiger charge is 2.20. The van der Waals surface area contributed by atoms with E-state index in [1.165, 1.54) is 5.69 Å². The van der Waals surface area contributed by atoms with Crippen LogP contribution in [0.5, 0.6) is 0 Å². The zero-order chi connectivity index (χ0) is 8.67. The average Bonchev–Trinajstić information content (AvgIpc) is 2.65. The monoisotopic (exact) mass is 171 g/mol. The number of fused-ring (bicyclic) bond motifs is 3. The summed E-state index contributed by atoms with van der Waals surface area (Å²) in [6, 6.07) is 8.24. The lowest BCUT2D eigenvalue weighted by atomic mass is 10.2. The number of nitrogens with zero attached hydrogens (tertiary/aromatic N) is 2. The highest BCUT2D eigenvalue weighted by Crippen LogP contribution is 2.32.